The fraction of sp³-hybridized carbons (Fsp3) is 0.375. The van der Waals surface area contributed by atoms with Gasteiger partial charge in [-0.2, -0.15) is 0 Å². The molecule has 0 radical (unpaired) electrons. The van der Waals surface area contributed by atoms with E-state index in [4.69, 9.17) is 11.6 Å². The summed E-state index contributed by atoms with van der Waals surface area (Å²) in [6.07, 6.45) is 3.44. The molecule has 5 nitrogen and oxygen atoms in total. The number of amides is 3. The molecule has 3 amide bonds. The number of carbonyl (C=O) groups excluding carboxylic acids is 2. The fourth-order valence-corrected chi connectivity index (χ4v) is 3.18. The molecule has 0 aromatic heterocycles. The molecule has 0 saturated carbocycles. The van der Waals surface area contributed by atoms with Gasteiger partial charge in [-0.3, -0.25) is 9.69 Å². The van der Waals surface area contributed by atoms with Crippen molar-refractivity contribution in [2.75, 3.05) is 12.4 Å². The number of allylic oxidation sites excluding steroid dienone is 1. The van der Waals surface area contributed by atoms with E-state index in [1.807, 2.05) is 18.2 Å². The minimum atomic E-state index is -0.439. The highest BCUT2D eigenvalue weighted by atomic mass is 35.5. The Hall–Kier alpha value is -2.01. The number of carbonyl (C=O) groups is 2. The normalized spacial score (nSPS) is 23.8. The molecule has 2 N–H and O–H groups in total. The van der Waals surface area contributed by atoms with Gasteiger partial charge in [-0.15, -0.1) is 0 Å². The number of hydrogen-bond acceptors (Lipinski definition) is 3. The summed E-state index contributed by atoms with van der Waals surface area (Å²) in [7, 11) is 1.50. The first-order valence-electron chi connectivity index (χ1n) is 7.31. The van der Waals surface area contributed by atoms with Crippen molar-refractivity contribution in [3.8, 4) is 0 Å². The van der Waals surface area contributed by atoms with Gasteiger partial charge < -0.3 is 10.6 Å². The standard InChI is InChI=1S/C16H18ClN3O2/c1-9-8-10(11-4-3-5-12(17)14(11)18-9)6-7-13-15(21)20(2)16(22)19-13/h3-5,8-9,13,18H,6-7H2,1-2H3,(H,19,22). The summed E-state index contributed by atoms with van der Waals surface area (Å²) >= 11 is 6.25. The quantitative estimate of drug-likeness (QED) is 0.842. The third-order valence-corrected chi connectivity index (χ3v) is 4.43. The van der Waals surface area contributed by atoms with E-state index in [2.05, 4.69) is 23.6 Å². The van der Waals surface area contributed by atoms with Crippen LogP contribution >= 0.6 is 11.6 Å². The number of nitrogens with zero attached hydrogens (tertiary/aromatic N) is 1. The van der Waals surface area contributed by atoms with E-state index in [1.54, 1.807) is 0 Å². The van der Waals surface area contributed by atoms with Gasteiger partial charge in [0.05, 0.1) is 10.7 Å². The molecule has 2 atom stereocenters. The Morgan fingerprint density at radius 2 is 2.05 bits per heavy atom. The first-order valence-corrected chi connectivity index (χ1v) is 7.69. The lowest BCUT2D eigenvalue weighted by molar-refractivity contribution is -0.126. The predicted molar refractivity (Wildman–Crippen MR) is 86.8 cm³/mol. The Labute approximate surface area is 134 Å². The zero-order valence-corrected chi connectivity index (χ0v) is 13.3. The summed E-state index contributed by atoms with van der Waals surface area (Å²) < 4.78 is 0. The van der Waals surface area contributed by atoms with Crippen molar-refractivity contribution in [3.05, 3.63) is 34.9 Å². The van der Waals surface area contributed by atoms with E-state index >= 15 is 0 Å². The molecule has 1 saturated heterocycles. The SMILES string of the molecule is CC1C=C(CCC2NC(=O)N(C)C2=O)c2cccc(Cl)c2N1. The molecule has 2 heterocycles. The molecule has 0 aliphatic carbocycles. The highest BCUT2D eigenvalue weighted by Crippen LogP contribution is 2.37. The molecule has 22 heavy (non-hydrogen) atoms. The summed E-state index contributed by atoms with van der Waals surface area (Å²) in [5.41, 5.74) is 3.16. The minimum Gasteiger partial charge on any atom is -0.377 e. The lowest BCUT2D eigenvalue weighted by atomic mass is 9.92. The molecule has 6 heteroatoms. The number of anilines is 1. The second-order valence-electron chi connectivity index (χ2n) is 5.73. The smallest absolute Gasteiger partial charge is 0.324 e. The molecule has 0 spiro atoms. The van der Waals surface area contributed by atoms with Gasteiger partial charge in [0.25, 0.3) is 5.91 Å². The van der Waals surface area contributed by atoms with Gasteiger partial charge in [0.2, 0.25) is 0 Å². The van der Waals surface area contributed by atoms with Crippen molar-refractivity contribution in [2.24, 2.45) is 0 Å². The van der Waals surface area contributed by atoms with Crippen LogP contribution in [0, 0.1) is 0 Å². The van der Waals surface area contributed by atoms with Crippen LogP contribution in [0.4, 0.5) is 10.5 Å². The minimum absolute atomic E-state index is 0.168. The van der Waals surface area contributed by atoms with Crippen molar-refractivity contribution < 1.29 is 9.59 Å². The van der Waals surface area contributed by atoms with E-state index in [0.29, 0.717) is 17.9 Å². The number of para-hydroxylation sites is 1. The summed E-state index contributed by atoms with van der Waals surface area (Å²) in [5, 5.41) is 6.76. The third-order valence-electron chi connectivity index (χ3n) is 4.12. The number of imide groups is 1. The Balaban J connectivity index is 1.77. The number of urea groups is 1. The summed E-state index contributed by atoms with van der Waals surface area (Å²) in [6, 6.07) is 5.21. The molecule has 3 rings (SSSR count). The number of rotatable bonds is 3. The average molecular weight is 320 g/mol. The van der Waals surface area contributed by atoms with E-state index < -0.39 is 6.04 Å². The van der Waals surface area contributed by atoms with Gasteiger partial charge in [-0.05, 0) is 31.4 Å². The molecule has 2 aliphatic rings. The number of benzene rings is 1. The number of halogens is 1. The third kappa shape index (κ3) is 2.57. The first-order chi connectivity index (χ1) is 10.5. The monoisotopic (exact) mass is 319 g/mol. The molecular weight excluding hydrogens is 302 g/mol. The van der Waals surface area contributed by atoms with E-state index in [0.717, 1.165) is 21.7 Å². The molecule has 1 aromatic rings. The van der Waals surface area contributed by atoms with Crippen LogP contribution in [0.3, 0.4) is 0 Å². The topological polar surface area (TPSA) is 61.4 Å². The number of nitrogens with one attached hydrogen (secondary N) is 2. The molecule has 1 aromatic carbocycles. The largest absolute Gasteiger partial charge is 0.377 e. The van der Waals surface area contributed by atoms with Gasteiger partial charge in [-0.25, -0.2) is 4.79 Å². The lowest BCUT2D eigenvalue weighted by Crippen LogP contribution is -2.29. The number of fused-ring (bicyclic) bond motifs is 1. The van der Waals surface area contributed by atoms with Crippen LogP contribution in [-0.4, -0.2) is 36.0 Å². The van der Waals surface area contributed by atoms with E-state index in [-0.39, 0.29) is 18.0 Å². The number of hydrogen-bond donors (Lipinski definition) is 2. The Morgan fingerprint density at radius 3 is 2.73 bits per heavy atom. The maximum Gasteiger partial charge on any atom is 0.324 e. The van der Waals surface area contributed by atoms with E-state index in [1.165, 1.54) is 7.05 Å². The van der Waals surface area contributed by atoms with Crippen LogP contribution in [-0.2, 0) is 4.79 Å². The molecule has 0 bridgehead atoms. The molecule has 116 valence electrons. The van der Waals surface area contributed by atoms with Crippen molar-refractivity contribution >= 4 is 34.8 Å². The van der Waals surface area contributed by atoms with E-state index in [9.17, 15) is 9.59 Å². The van der Waals surface area contributed by atoms with Gasteiger partial charge in [-0.1, -0.05) is 29.8 Å². The Kier molecular flexibility index (Phi) is 3.83. The van der Waals surface area contributed by atoms with Crippen LogP contribution in [0.2, 0.25) is 5.02 Å². The van der Waals surface area contributed by atoms with Crippen LogP contribution in [0.5, 0.6) is 0 Å². The Bertz CT molecular complexity index is 671. The number of likely N-dealkylation sites (N-methyl/N-ethyl adjacent to an activating group) is 1. The van der Waals surface area contributed by atoms with Crippen LogP contribution in [0.25, 0.3) is 5.57 Å². The van der Waals surface area contributed by atoms with Crippen LogP contribution in [0.1, 0.15) is 25.3 Å². The second-order valence-corrected chi connectivity index (χ2v) is 6.13. The zero-order chi connectivity index (χ0) is 15.9. The second kappa shape index (κ2) is 5.65. The van der Waals surface area contributed by atoms with Crippen molar-refractivity contribution in [3.63, 3.8) is 0 Å². The molecule has 2 aliphatic heterocycles. The van der Waals surface area contributed by atoms with Crippen LogP contribution in [0.15, 0.2) is 24.3 Å². The fourth-order valence-electron chi connectivity index (χ4n) is 2.95. The summed E-state index contributed by atoms with van der Waals surface area (Å²) in [6.45, 7) is 2.06. The predicted octanol–water partition coefficient (Wildman–Crippen LogP) is 2.87. The molecule has 1 fully saturated rings. The van der Waals surface area contributed by atoms with Crippen molar-refractivity contribution in [2.45, 2.75) is 31.8 Å². The van der Waals surface area contributed by atoms with Gasteiger partial charge in [0, 0.05) is 18.7 Å². The zero-order valence-electron chi connectivity index (χ0n) is 12.5. The molecular formula is C16H18ClN3O2. The Morgan fingerprint density at radius 1 is 1.27 bits per heavy atom. The van der Waals surface area contributed by atoms with Gasteiger partial charge in [0.1, 0.15) is 6.04 Å². The summed E-state index contributed by atoms with van der Waals surface area (Å²) in [4.78, 5) is 24.6. The first kappa shape index (κ1) is 14.9. The van der Waals surface area contributed by atoms with Crippen LogP contribution < -0.4 is 10.6 Å². The van der Waals surface area contributed by atoms with Crippen molar-refractivity contribution in [1.82, 2.24) is 10.2 Å². The molecule has 2 unspecified atom stereocenters. The average Bonchev–Trinajstić information content (AvgIpc) is 2.73. The highest BCUT2D eigenvalue weighted by Gasteiger charge is 2.35. The maximum atomic E-state index is 11.9. The van der Waals surface area contributed by atoms with Gasteiger partial charge in [0.15, 0.2) is 0 Å². The van der Waals surface area contributed by atoms with Gasteiger partial charge >= 0.3 is 6.03 Å². The summed E-state index contributed by atoms with van der Waals surface area (Å²) in [5.74, 6) is -0.168. The maximum absolute atomic E-state index is 11.9. The lowest BCUT2D eigenvalue weighted by Gasteiger charge is -2.25. The van der Waals surface area contributed by atoms with Crippen molar-refractivity contribution in [1.29, 1.82) is 0 Å². The highest BCUT2D eigenvalue weighted by molar-refractivity contribution is 6.33.